The van der Waals surface area contributed by atoms with Crippen LogP contribution in [-0.4, -0.2) is 37.1 Å². The van der Waals surface area contributed by atoms with E-state index in [-0.39, 0.29) is 23.8 Å². The molecule has 0 spiro atoms. The Morgan fingerprint density at radius 2 is 1.93 bits per heavy atom. The van der Waals surface area contributed by atoms with Gasteiger partial charge in [-0.2, -0.15) is 0 Å². The number of hydrogen-bond donors (Lipinski definition) is 1. The number of amides is 1. The quantitative estimate of drug-likeness (QED) is 0.856. The Morgan fingerprint density at radius 1 is 1.18 bits per heavy atom. The smallest absolute Gasteiger partial charge is 0.234 e. The van der Waals surface area contributed by atoms with Crippen LogP contribution in [0.3, 0.4) is 0 Å². The summed E-state index contributed by atoms with van der Waals surface area (Å²) in [7, 11) is 0. The summed E-state index contributed by atoms with van der Waals surface area (Å²) in [5, 5.41) is 3.02. The number of ether oxygens (including phenoxy) is 2. The number of halogens is 1. The molecule has 2 aromatic rings. The highest BCUT2D eigenvalue weighted by molar-refractivity contribution is 5.78. The van der Waals surface area contributed by atoms with Gasteiger partial charge in [0.1, 0.15) is 19.0 Å². The minimum Gasteiger partial charge on any atom is -0.486 e. The molecule has 2 heterocycles. The van der Waals surface area contributed by atoms with Crippen LogP contribution in [0.2, 0.25) is 0 Å². The first-order valence-corrected chi connectivity index (χ1v) is 9.78. The largest absolute Gasteiger partial charge is 0.486 e. The van der Waals surface area contributed by atoms with Crippen molar-refractivity contribution in [3.8, 4) is 11.5 Å². The molecule has 1 fully saturated rings. The van der Waals surface area contributed by atoms with Crippen molar-refractivity contribution in [2.45, 2.75) is 31.8 Å². The van der Waals surface area contributed by atoms with Crippen molar-refractivity contribution < 1.29 is 18.7 Å². The Hall–Kier alpha value is -2.60. The van der Waals surface area contributed by atoms with Gasteiger partial charge in [0, 0.05) is 6.04 Å². The van der Waals surface area contributed by atoms with Crippen LogP contribution < -0.4 is 14.8 Å². The maximum atomic E-state index is 13.1. The standard InChI is InChI=1S/C22H25FN2O3/c1-15(16-4-7-18(23)8-5-16)24-22(26)14-25-10-2-3-19(25)17-6-9-20-21(13-17)28-12-11-27-20/h4-9,13,15,19H,2-3,10-12,14H2,1H3,(H,24,26)/t15-,19-/m0/s1. The van der Waals surface area contributed by atoms with E-state index in [1.54, 1.807) is 12.1 Å². The summed E-state index contributed by atoms with van der Waals surface area (Å²) >= 11 is 0. The van der Waals surface area contributed by atoms with Gasteiger partial charge in [0.25, 0.3) is 0 Å². The molecule has 1 saturated heterocycles. The maximum Gasteiger partial charge on any atom is 0.234 e. The van der Waals surface area contributed by atoms with Gasteiger partial charge >= 0.3 is 0 Å². The molecule has 1 amide bonds. The SMILES string of the molecule is C[C@H](NC(=O)CN1CCC[C@H]1c1ccc2c(c1)OCCO2)c1ccc(F)cc1. The molecular weight excluding hydrogens is 359 g/mol. The molecule has 2 aliphatic rings. The van der Waals surface area contributed by atoms with Crippen LogP contribution >= 0.6 is 0 Å². The van der Waals surface area contributed by atoms with Gasteiger partial charge < -0.3 is 14.8 Å². The number of benzene rings is 2. The Bertz CT molecular complexity index is 840. The fraction of sp³-hybridized carbons (Fsp3) is 0.409. The third kappa shape index (κ3) is 4.12. The number of fused-ring (bicyclic) bond motifs is 1. The first kappa shape index (κ1) is 18.7. The third-order valence-corrected chi connectivity index (χ3v) is 5.41. The van der Waals surface area contributed by atoms with E-state index in [0.717, 1.165) is 42.0 Å². The van der Waals surface area contributed by atoms with Crippen LogP contribution in [0.1, 0.15) is 43.0 Å². The minimum absolute atomic E-state index is 0.0266. The predicted molar refractivity (Wildman–Crippen MR) is 104 cm³/mol. The highest BCUT2D eigenvalue weighted by Gasteiger charge is 2.29. The third-order valence-electron chi connectivity index (χ3n) is 5.41. The molecule has 2 aromatic carbocycles. The lowest BCUT2D eigenvalue weighted by molar-refractivity contribution is -0.123. The number of carbonyl (C=O) groups excluding carboxylic acids is 1. The van der Waals surface area contributed by atoms with E-state index in [9.17, 15) is 9.18 Å². The number of likely N-dealkylation sites (tertiary alicyclic amines) is 1. The Kier molecular flexibility index (Phi) is 5.48. The lowest BCUT2D eigenvalue weighted by atomic mass is 10.0. The van der Waals surface area contributed by atoms with Crippen molar-refractivity contribution in [2.24, 2.45) is 0 Å². The predicted octanol–water partition coefficient (Wildman–Crippen LogP) is 3.61. The average Bonchev–Trinajstić information content (AvgIpc) is 3.16. The van der Waals surface area contributed by atoms with Crippen LogP contribution in [0.25, 0.3) is 0 Å². The fourth-order valence-corrected chi connectivity index (χ4v) is 3.97. The van der Waals surface area contributed by atoms with Crippen molar-refractivity contribution in [3.05, 3.63) is 59.4 Å². The second-order valence-corrected chi connectivity index (χ2v) is 7.37. The summed E-state index contributed by atoms with van der Waals surface area (Å²) in [5.41, 5.74) is 2.04. The summed E-state index contributed by atoms with van der Waals surface area (Å²) in [4.78, 5) is 14.8. The summed E-state index contributed by atoms with van der Waals surface area (Å²) in [6.45, 7) is 4.28. The van der Waals surface area contributed by atoms with Gasteiger partial charge in [-0.1, -0.05) is 18.2 Å². The topological polar surface area (TPSA) is 50.8 Å². The van der Waals surface area contributed by atoms with Crippen molar-refractivity contribution in [2.75, 3.05) is 26.3 Å². The van der Waals surface area contributed by atoms with E-state index < -0.39 is 0 Å². The monoisotopic (exact) mass is 384 g/mol. The van der Waals surface area contributed by atoms with E-state index in [1.807, 2.05) is 19.1 Å². The normalized spacial score (nSPS) is 20.0. The Labute approximate surface area is 164 Å². The van der Waals surface area contributed by atoms with Gasteiger partial charge in [0.2, 0.25) is 5.91 Å². The Morgan fingerprint density at radius 3 is 2.71 bits per heavy atom. The van der Waals surface area contributed by atoms with Crippen LogP contribution in [0, 0.1) is 5.82 Å². The minimum atomic E-state index is -0.276. The van der Waals surface area contributed by atoms with E-state index >= 15 is 0 Å². The van der Waals surface area contributed by atoms with Crippen LogP contribution in [0.15, 0.2) is 42.5 Å². The fourth-order valence-electron chi connectivity index (χ4n) is 3.97. The number of carbonyl (C=O) groups is 1. The zero-order chi connectivity index (χ0) is 19.5. The Balaban J connectivity index is 1.39. The lowest BCUT2D eigenvalue weighted by Gasteiger charge is -2.26. The second kappa shape index (κ2) is 8.19. The molecule has 0 aliphatic carbocycles. The summed E-state index contributed by atoms with van der Waals surface area (Å²) < 4.78 is 24.4. The van der Waals surface area contributed by atoms with E-state index in [4.69, 9.17) is 9.47 Å². The summed E-state index contributed by atoms with van der Waals surface area (Å²) in [5.74, 6) is 1.26. The van der Waals surface area contributed by atoms with Gasteiger partial charge in [-0.05, 0) is 61.7 Å². The van der Waals surface area contributed by atoms with Gasteiger partial charge in [0.15, 0.2) is 11.5 Å². The number of rotatable bonds is 5. The van der Waals surface area contributed by atoms with Crippen molar-refractivity contribution in [1.29, 1.82) is 0 Å². The first-order chi connectivity index (χ1) is 13.6. The van der Waals surface area contributed by atoms with E-state index in [2.05, 4.69) is 16.3 Å². The molecule has 5 nitrogen and oxygen atoms in total. The zero-order valence-corrected chi connectivity index (χ0v) is 16.0. The molecule has 6 heteroatoms. The van der Waals surface area contributed by atoms with Crippen molar-refractivity contribution in [1.82, 2.24) is 10.2 Å². The molecule has 0 saturated carbocycles. The molecular formula is C22H25FN2O3. The van der Waals surface area contributed by atoms with Crippen LogP contribution in [-0.2, 0) is 4.79 Å². The van der Waals surface area contributed by atoms with Crippen LogP contribution in [0.4, 0.5) is 4.39 Å². The number of nitrogens with zero attached hydrogens (tertiary/aromatic N) is 1. The van der Waals surface area contributed by atoms with E-state index in [1.165, 1.54) is 12.1 Å². The molecule has 2 atom stereocenters. The molecule has 0 bridgehead atoms. The highest BCUT2D eigenvalue weighted by Crippen LogP contribution is 2.37. The lowest BCUT2D eigenvalue weighted by Crippen LogP contribution is -2.38. The molecule has 28 heavy (non-hydrogen) atoms. The summed E-state index contributed by atoms with van der Waals surface area (Å²) in [6, 6.07) is 12.3. The van der Waals surface area contributed by atoms with Gasteiger partial charge in [-0.3, -0.25) is 9.69 Å². The molecule has 0 unspecified atom stereocenters. The summed E-state index contributed by atoms with van der Waals surface area (Å²) in [6.07, 6.45) is 2.07. The molecule has 4 rings (SSSR count). The molecule has 0 radical (unpaired) electrons. The first-order valence-electron chi connectivity index (χ1n) is 9.78. The van der Waals surface area contributed by atoms with Crippen molar-refractivity contribution >= 4 is 5.91 Å². The average molecular weight is 384 g/mol. The maximum absolute atomic E-state index is 13.1. The second-order valence-electron chi connectivity index (χ2n) is 7.37. The van der Waals surface area contributed by atoms with Gasteiger partial charge in [-0.25, -0.2) is 4.39 Å². The van der Waals surface area contributed by atoms with Crippen molar-refractivity contribution in [3.63, 3.8) is 0 Å². The number of nitrogens with one attached hydrogen (secondary N) is 1. The van der Waals surface area contributed by atoms with E-state index in [0.29, 0.717) is 19.8 Å². The molecule has 0 aromatic heterocycles. The molecule has 1 N–H and O–H groups in total. The van der Waals surface area contributed by atoms with Gasteiger partial charge in [0.05, 0.1) is 12.6 Å². The number of hydrogen-bond acceptors (Lipinski definition) is 4. The van der Waals surface area contributed by atoms with Crippen LogP contribution in [0.5, 0.6) is 11.5 Å². The molecule has 148 valence electrons. The highest BCUT2D eigenvalue weighted by atomic mass is 19.1. The van der Waals surface area contributed by atoms with Gasteiger partial charge in [-0.15, -0.1) is 0 Å². The molecule has 2 aliphatic heterocycles. The zero-order valence-electron chi connectivity index (χ0n) is 16.0.